The number of nitrogens with one attached hydrogen (secondary N) is 1. The second-order valence-corrected chi connectivity index (χ2v) is 7.56. The van der Waals surface area contributed by atoms with Gasteiger partial charge in [0.05, 0.1) is 11.3 Å². The summed E-state index contributed by atoms with van der Waals surface area (Å²) in [6.45, 7) is 4.34. The van der Waals surface area contributed by atoms with Gasteiger partial charge in [0.1, 0.15) is 5.82 Å². The number of rotatable bonds is 3. The van der Waals surface area contributed by atoms with Crippen molar-refractivity contribution in [1.29, 1.82) is 0 Å². The van der Waals surface area contributed by atoms with Crippen LogP contribution in [-0.4, -0.2) is 29.4 Å². The summed E-state index contributed by atoms with van der Waals surface area (Å²) in [5.74, 6) is -0.340. The number of hydrogen-bond donors (Lipinski definition) is 2. The lowest BCUT2D eigenvalue weighted by molar-refractivity contribution is 0.457. The first-order valence-corrected chi connectivity index (χ1v) is 10.0. The normalized spacial score (nSPS) is 15.9. The van der Waals surface area contributed by atoms with Crippen molar-refractivity contribution in [3.05, 3.63) is 53.3 Å². The highest BCUT2D eigenvalue weighted by Crippen LogP contribution is 2.29. The van der Waals surface area contributed by atoms with Gasteiger partial charge in [-0.05, 0) is 61.7 Å². The number of halogens is 1. The molecule has 2 heterocycles. The van der Waals surface area contributed by atoms with E-state index in [0.717, 1.165) is 18.8 Å². The molecule has 2 N–H and O–H groups in total. The number of aryl methyl sites for hydroxylation is 1. The number of aromatic nitrogens is 1. The molecule has 0 aliphatic carbocycles. The van der Waals surface area contributed by atoms with Crippen molar-refractivity contribution in [3.63, 3.8) is 0 Å². The largest absolute Gasteiger partial charge is 0.494 e. The van der Waals surface area contributed by atoms with Crippen molar-refractivity contribution < 1.29 is 9.50 Å². The molecule has 0 saturated carbocycles. The average molecular weight is 379 g/mol. The molecule has 0 unspecified atom stereocenters. The molecule has 0 radical (unpaired) electrons. The maximum atomic E-state index is 13.6. The zero-order valence-corrected chi connectivity index (χ0v) is 16.2. The number of nitrogens with zero attached hydrogens (tertiary/aromatic N) is 2. The third kappa shape index (κ3) is 3.88. The number of benzene rings is 2. The summed E-state index contributed by atoms with van der Waals surface area (Å²) in [6, 6.07) is 10.6. The van der Waals surface area contributed by atoms with Crippen molar-refractivity contribution in [1.82, 2.24) is 4.98 Å². The highest BCUT2D eigenvalue weighted by molar-refractivity contribution is 6.02. The van der Waals surface area contributed by atoms with Crippen LogP contribution in [0.5, 0.6) is 5.88 Å². The monoisotopic (exact) mass is 379 g/mol. The fourth-order valence-corrected chi connectivity index (χ4v) is 4.00. The molecule has 5 heteroatoms. The second-order valence-electron chi connectivity index (χ2n) is 7.56. The fraction of sp³-hybridized carbons (Fsp3) is 0.348. The minimum atomic E-state index is -0.338. The van der Waals surface area contributed by atoms with E-state index >= 15 is 0 Å². The summed E-state index contributed by atoms with van der Waals surface area (Å²) in [6.07, 6.45) is 8.06. The molecule has 2 aromatic carbocycles. The van der Waals surface area contributed by atoms with Crippen LogP contribution in [0.2, 0.25) is 0 Å². The molecule has 28 heavy (non-hydrogen) atoms. The van der Waals surface area contributed by atoms with Crippen LogP contribution in [0, 0.1) is 12.7 Å². The summed E-state index contributed by atoms with van der Waals surface area (Å²) < 4.78 is 13.6. The predicted molar refractivity (Wildman–Crippen MR) is 114 cm³/mol. The molecular formula is C23H26FN3O. The first-order valence-electron chi connectivity index (χ1n) is 10.0. The molecule has 0 spiro atoms. The van der Waals surface area contributed by atoms with Crippen LogP contribution >= 0.6 is 0 Å². The van der Waals surface area contributed by atoms with Crippen LogP contribution in [0.4, 0.5) is 15.8 Å². The summed E-state index contributed by atoms with van der Waals surface area (Å²) in [7, 11) is 0. The lowest BCUT2D eigenvalue weighted by Crippen LogP contribution is -2.27. The minimum absolute atomic E-state index is 0.00155. The lowest BCUT2D eigenvalue weighted by atomic mass is 10.1. The van der Waals surface area contributed by atoms with Crippen LogP contribution in [-0.2, 0) is 0 Å². The first kappa shape index (κ1) is 18.5. The number of anilines is 1. The third-order valence-corrected chi connectivity index (χ3v) is 5.50. The maximum absolute atomic E-state index is 13.6. The van der Waals surface area contributed by atoms with E-state index in [-0.39, 0.29) is 11.7 Å². The van der Waals surface area contributed by atoms with Gasteiger partial charge in [-0.1, -0.05) is 19.3 Å². The first-order chi connectivity index (χ1) is 13.6. The van der Waals surface area contributed by atoms with Crippen molar-refractivity contribution in [2.75, 3.05) is 18.0 Å². The summed E-state index contributed by atoms with van der Waals surface area (Å²) in [5, 5.41) is 10.8. The van der Waals surface area contributed by atoms with Crippen LogP contribution in [0.15, 0.2) is 41.4 Å². The summed E-state index contributed by atoms with van der Waals surface area (Å²) in [5.41, 5.74) is 4.48. The van der Waals surface area contributed by atoms with Gasteiger partial charge in [0.15, 0.2) is 5.88 Å². The van der Waals surface area contributed by atoms with E-state index in [1.54, 1.807) is 12.3 Å². The third-order valence-electron chi connectivity index (χ3n) is 5.50. The molecule has 0 bridgehead atoms. The molecule has 0 amide bonds. The molecular weight excluding hydrogens is 353 g/mol. The number of aromatic amines is 1. The zero-order chi connectivity index (χ0) is 19.5. The number of fused-ring (bicyclic) bond motifs is 1. The molecule has 1 aliphatic heterocycles. The Labute approximate surface area is 164 Å². The molecule has 4 nitrogen and oxygen atoms in total. The Morgan fingerprint density at radius 3 is 2.54 bits per heavy atom. The van der Waals surface area contributed by atoms with Gasteiger partial charge in [-0.25, -0.2) is 4.39 Å². The SMILES string of the molecule is Cc1cc(N=Cc2c(O)[nH]c3ccc(F)cc23)ccc1N1CCCCCCC1. The van der Waals surface area contributed by atoms with Gasteiger partial charge in [0, 0.05) is 35.9 Å². The number of hydrogen-bond acceptors (Lipinski definition) is 3. The Hall–Kier alpha value is -2.82. The molecule has 0 atom stereocenters. The summed E-state index contributed by atoms with van der Waals surface area (Å²) in [4.78, 5) is 9.86. The zero-order valence-electron chi connectivity index (χ0n) is 16.2. The molecule has 4 rings (SSSR count). The van der Waals surface area contributed by atoms with E-state index in [1.165, 1.54) is 55.5 Å². The number of aromatic hydroxyl groups is 1. The van der Waals surface area contributed by atoms with Crippen molar-refractivity contribution >= 4 is 28.5 Å². The number of H-pyrrole nitrogens is 1. The van der Waals surface area contributed by atoms with Crippen LogP contribution in [0.25, 0.3) is 10.9 Å². The highest BCUT2D eigenvalue weighted by Gasteiger charge is 2.12. The molecule has 1 fully saturated rings. The van der Waals surface area contributed by atoms with Gasteiger partial charge in [-0.15, -0.1) is 0 Å². The van der Waals surface area contributed by atoms with Crippen molar-refractivity contribution in [2.45, 2.75) is 39.0 Å². The van der Waals surface area contributed by atoms with Gasteiger partial charge < -0.3 is 15.0 Å². The Kier molecular flexibility index (Phi) is 5.33. The van der Waals surface area contributed by atoms with E-state index in [2.05, 4.69) is 33.9 Å². The van der Waals surface area contributed by atoms with E-state index in [0.29, 0.717) is 16.5 Å². The van der Waals surface area contributed by atoms with E-state index in [4.69, 9.17) is 0 Å². The van der Waals surface area contributed by atoms with Gasteiger partial charge in [-0.3, -0.25) is 4.99 Å². The topological polar surface area (TPSA) is 51.6 Å². The van der Waals surface area contributed by atoms with Crippen LogP contribution < -0.4 is 4.90 Å². The molecule has 1 saturated heterocycles. The van der Waals surface area contributed by atoms with Gasteiger partial charge in [-0.2, -0.15) is 0 Å². The van der Waals surface area contributed by atoms with Crippen LogP contribution in [0.3, 0.4) is 0 Å². The predicted octanol–water partition coefficient (Wildman–Crippen LogP) is 5.84. The van der Waals surface area contributed by atoms with E-state index in [9.17, 15) is 9.50 Å². The standard InChI is InChI=1S/C23H26FN3O/c1-16-13-18(8-10-22(16)27-11-5-3-2-4-6-12-27)25-15-20-19-14-17(24)7-9-21(19)26-23(20)28/h7-10,13-15,26,28H,2-6,11-12H2,1H3. The van der Waals surface area contributed by atoms with Crippen molar-refractivity contribution in [2.24, 2.45) is 4.99 Å². The van der Waals surface area contributed by atoms with Gasteiger partial charge in [0.25, 0.3) is 0 Å². The Morgan fingerprint density at radius 2 is 1.79 bits per heavy atom. The molecule has 1 aliphatic rings. The number of aliphatic imine (C=N–C) groups is 1. The Morgan fingerprint density at radius 1 is 1.04 bits per heavy atom. The quantitative estimate of drug-likeness (QED) is 0.562. The Bertz CT molecular complexity index is 1000. The highest BCUT2D eigenvalue weighted by atomic mass is 19.1. The molecule has 1 aromatic heterocycles. The van der Waals surface area contributed by atoms with Crippen molar-refractivity contribution in [3.8, 4) is 5.88 Å². The second kappa shape index (κ2) is 8.05. The fourth-order valence-electron chi connectivity index (χ4n) is 4.00. The van der Waals surface area contributed by atoms with E-state index < -0.39 is 0 Å². The van der Waals surface area contributed by atoms with E-state index in [1.807, 2.05) is 6.07 Å². The van der Waals surface area contributed by atoms with Crippen LogP contribution in [0.1, 0.15) is 43.2 Å². The molecule has 3 aromatic rings. The van der Waals surface area contributed by atoms with Gasteiger partial charge in [0.2, 0.25) is 0 Å². The smallest absolute Gasteiger partial charge is 0.198 e. The van der Waals surface area contributed by atoms with Gasteiger partial charge >= 0.3 is 0 Å². The lowest BCUT2D eigenvalue weighted by Gasteiger charge is -2.28. The summed E-state index contributed by atoms with van der Waals surface area (Å²) >= 11 is 0. The maximum Gasteiger partial charge on any atom is 0.198 e. The average Bonchev–Trinajstić information content (AvgIpc) is 2.95. The molecule has 146 valence electrons. The minimum Gasteiger partial charge on any atom is -0.494 e. The Balaban J connectivity index is 1.58.